The van der Waals surface area contributed by atoms with Crippen molar-refractivity contribution in [3.05, 3.63) is 0 Å². The largest absolute Gasteiger partial charge is 0.481 e. The van der Waals surface area contributed by atoms with Crippen molar-refractivity contribution in [3.63, 3.8) is 0 Å². The fraction of sp³-hybridized carbons (Fsp3) is 0.818. The summed E-state index contributed by atoms with van der Waals surface area (Å²) in [6.07, 6.45) is 4.48. The Morgan fingerprint density at radius 1 is 1.47 bits per heavy atom. The molecule has 0 aromatic carbocycles. The van der Waals surface area contributed by atoms with Crippen LogP contribution in [0.25, 0.3) is 0 Å². The minimum Gasteiger partial charge on any atom is -0.481 e. The van der Waals surface area contributed by atoms with Gasteiger partial charge < -0.3 is 15.7 Å². The van der Waals surface area contributed by atoms with E-state index in [0.717, 1.165) is 25.0 Å². The van der Waals surface area contributed by atoms with Gasteiger partial charge in [-0.3, -0.25) is 4.79 Å². The van der Waals surface area contributed by atoms with Crippen molar-refractivity contribution in [3.8, 4) is 0 Å². The minimum atomic E-state index is -0.859. The van der Waals surface area contributed by atoms with Gasteiger partial charge in [-0.05, 0) is 32.4 Å². The third-order valence-electron chi connectivity index (χ3n) is 2.97. The van der Waals surface area contributed by atoms with Gasteiger partial charge in [0.2, 0.25) is 0 Å². The van der Waals surface area contributed by atoms with Gasteiger partial charge in [-0.2, -0.15) is 11.8 Å². The zero-order valence-electron chi connectivity index (χ0n) is 10.3. The highest BCUT2D eigenvalue weighted by atomic mass is 32.2. The van der Waals surface area contributed by atoms with E-state index in [2.05, 4.69) is 10.6 Å². The van der Waals surface area contributed by atoms with Crippen molar-refractivity contribution in [2.24, 2.45) is 0 Å². The van der Waals surface area contributed by atoms with E-state index in [1.165, 1.54) is 0 Å². The van der Waals surface area contributed by atoms with Gasteiger partial charge in [0.1, 0.15) is 0 Å². The lowest BCUT2D eigenvalue weighted by molar-refractivity contribution is -0.139. The molecule has 0 heterocycles. The van der Waals surface area contributed by atoms with Gasteiger partial charge in [-0.15, -0.1) is 0 Å². The first kappa shape index (κ1) is 14.2. The van der Waals surface area contributed by atoms with Crippen molar-refractivity contribution in [2.45, 2.75) is 44.2 Å². The van der Waals surface area contributed by atoms with Crippen LogP contribution in [0.3, 0.4) is 0 Å². The maximum absolute atomic E-state index is 11.7. The number of aliphatic carboxylic acids is 1. The predicted molar refractivity (Wildman–Crippen MR) is 68.3 cm³/mol. The fourth-order valence-corrected chi connectivity index (χ4v) is 2.61. The van der Waals surface area contributed by atoms with Crippen LogP contribution in [-0.4, -0.2) is 40.7 Å². The summed E-state index contributed by atoms with van der Waals surface area (Å²) in [7, 11) is 0. The van der Waals surface area contributed by atoms with E-state index < -0.39 is 11.5 Å². The molecule has 1 rings (SSSR count). The van der Waals surface area contributed by atoms with Crippen molar-refractivity contribution in [1.29, 1.82) is 0 Å². The second-order valence-electron chi connectivity index (χ2n) is 4.66. The van der Waals surface area contributed by atoms with Gasteiger partial charge in [-0.1, -0.05) is 0 Å². The molecule has 0 aromatic heterocycles. The fourth-order valence-electron chi connectivity index (χ4n) is 2.03. The summed E-state index contributed by atoms with van der Waals surface area (Å²) in [5.41, 5.74) is -0.519. The summed E-state index contributed by atoms with van der Waals surface area (Å²) in [5.74, 6) is -0.0125. The molecule has 1 fully saturated rings. The van der Waals surface area contributed by atoms with Crippen LogP contribution in [0.5, 0.6) is 0 Å². The number of rotatable bonds is 6. The number of carbonyl (C=O) groups excluding carboxylic acids is 1. The van der Waals surface area contributed by atoms with Crippen LogP contribution in [0.4, 0.5) is 4.79 Å². The van der Waals surface area contributed by atoms with Gasteiger partial charge in [-0.25, -0.2) is 4.79 Å². The van der Waals surface area contributed by atoms with Crippen molar-refractivity contribution in [2.75, 3.05) is 12.0 Å². The number of carboxylic acid groups (broad SMARTS) is 1. The Kier molecular flexibility index (Phi) is 5.11. The molecule has 17 heavy (non-hydrogen) atoms. The molecule has 1 saturated carbocycles. The molecule has 0 saturated heterocycles. The molecule has 1 aliphatic carbocycles. The molecule has 0 aliphatic heterocycles. The maximum Gasteiger partial charge on any atom is 0.315 e. The lowest BCUT2D eigenvalue weighted by Gasteiger charge is -2.41. The lowest BCUT2D eigenvalue weighted by atomic mass is 9.74. The van der Waals surface area contributed by atoms with Crippen molar-refractivity contribution in [1.82, 2.24) is 10.6 Å². The van der Waals surface area contributed by atoms with Gasteiger partial charge in [0.25, 0.3) is 0 Å². The number of thioether (sulfide) groups is 1. The normalized spacial score (nSPS) is 18.9. The first-order valence-electron chi connectivity index (χ1n) is 5.77. The Labute approximate surface area is 106 Å². The molecule has 0 radical (unpaired) electrons. The maximum atomic E-state index is 11.7. The summed E-state index contributed by atoms with van der Waals surface area (Å²) in [6.45, 7) is 1.93. The molecule has 2 amide bonds. The molecule has 0 bridgehead atoms. The summed E-state index contributed by atoms with van der Waals surface area (Å²) in [4.78, 5) is 22.4. The summed E-state index contributed by atoms with van der Waals surface area (Å²) < 4.78 is 0. The van der Waals surface area contributed by atoms with E-state index in [1.54, 1.807) is 11.8 Å². The number of urea groups is 1. The Bertz CT molecular complexity index is 292. The smallest absolute Gasteiger partial charge is 0.315 e. The molecular formula is C11H20N2O3S. The number of amides is 2. The van der Waals surface area contributed by atoms with E-state index in [4.69, 9.17) is 5.11 Å². The van der Waals surface area contributed by atoms with Crippen molar-refractivity contribution < 1.29 is 14.7 Å². The Morgan fingerprint density at radius 3 is 2.53 bits per heavy atom. The molecule has 98 valence electrons. The molecule has 5 nitrogen and oxygen atoms in total. The van der Waals surface area contributed by atoms with Crippen LogP contribution < -0.4 is 10.6 Å². The highest BCUT2D eigenvalue weighted by molar-refractivity contribution is 7.98. The van der Waals surface area contributed by atoms with Gasteiger partial charge in [0.15, 0.2) is 0 Å². The Morgan fingerprint density at radius 2 is 2.12 bits per heavy atom. The highest BCUT2D eigenvalue weighted by Gasteiger charge is 2.40. The van der Waals surface area contributed by atoms with Gasteiger partial charge in [0, 0.05) is 11.8 Å². The number of carboxylic acids is 1. The monoisotopic (exact) mass is 260 g/mol. The summed E-state index contributed by atoms with van der Waals surface area (Å²) >= 11 is 1.66. The number of carbonyl (C=O) groups is 2. The molecule has 0 spiro atoms. The molecular weight excluding hydrogens is 240 g/mol. The standard InChI is InChI=1S/C11H20N2O3S/c1-8(7-17-2)12-10(16)13-11(4-3-5-11)6-9(14)15/h8H,3-7H2,1-2H3,(H,14,15)(H2,12,13,16). The topological polar surface area (TPSA) is 78.4 Å². The zero-order valence-corrected chi connectivity index (χ0v) is 11.1. The van der Waals surface area contributed by atoms with E-state index in [0.29, 0.717) is 0 Å². The number of nitrogens with one attached hydrogen (secondary N) is 2. The van der Waals surface area contributed by atoms with E-state index in [9.17, 15) is 9.59 Å². The molecule has 1 aliphatic rings. The number of hydrogen-bond donors (Lipinski definition) is 3. The third kappa shape index (κ3) is 4.46. The van der Waals surface area contributed by atoms with Crippen LogP contribution in [0, 0.1) is 0 Å². The molecule has 1 unspecified atom stereocenters. The van der Waals surface area contributed by atoms with Crippen LogP contribution in [0.1, 0.15) is 32.6 Å². The minimum absolute atomic E-state index is 0.0112. The van der Waals surface area contributed by atoms with Crippen LogP contribution >= 0.6 is 11.8 Å². The SMILES string of the molecule is CSCC(C)NC(=O)NC1(CC(=O)O)CCC1. The third-order valence-corrected chi connectivity index (χ3v) is 3.81. The number of hydrogen-bond acceptors (Lipinski definition) is 3. The quantitative estimate of drug-likeness (QED) is 0.675. The Balaban J connectivity index is 2.40. The lowest BCUT2D eigenvalue weighted by Crippen LogP contribution is -2.58. The van der Waals surface area contributed by atoms with Gasteiger partial charge >= 0.3 is 12.0 Å². The van der Waals surface area contributed by atoms with Crippen LogP contribution in [0.15, 0.2) is 0 Å². The zero-order chi connectivity index (χ0) is 12.9. The van der Waals surface area contributed by atoms with Crippen LogP contribution in [-0.2, 0) is 4.79 Å². The summed E-state index contributed by atoms with van der Waals surface area (Å²) in [6, 6.07) is -0.167. The average molecular weight is 260 g/mol. The van der Waals surface area contributed by atoms with Crippen LogP contribution in [0.2, 0.25) is 0 Å². The van der Waals surface area contributed by atoms with Crippen molar-refractivity contribution >= 4 is 23.8 Å². The summed E-state index contributed by atoms with van der Waals surface area (Å²) in [5, 5.41) is 14.4. The Hall–Kier alpha value is -0.910. The second-order valence-corrected chi connectivity index (χ2v) is 5.57. The molecule has 0 aromatic rings. The first-order chi connectivity index (χ1) is 7.97. The van der Waals surface area contributed by atoms with E-state index in [-0.39, 0.29) is 18.5 Å². The van der Waals surface area contributed by atoms with E-state index >= 15 is 0 Å². The van der Waals surface area contributed by atoms with E-state index in [1.807, 2.05) is 13.2 Å². The average Bonchev–Trinajstić information content (AvgIpc) is 2.13. The molecule has 1 atom stereocenters. The predicted octanol–water partition coefficient (Wildman–Crippen LogP) is 1.43. The molecule has 6 heteroatoms. The van der Waals surface area contributed by atoms with Gasteiger partial charge in [0.05, 0.1) is 12.0 Å². The first-order valence-corrected chi connectivity index (χ1v) is 7.16. The molecule has 3 N–H and O–H groups in total. The highest BCUT2D eigenvalue weighted by Crippen LogP contribution is 2.34. The second kappa shape index (κ2) is 6.14.